The van der Waals surface area contributed by atoms with Crippen LogP contribution in [-0.2, 0) is 0 Å². The number of rotatable bonds is 5. The van der Waals surface area contributed by atoms with Gasteiger partial charge < -0.3 is 10.8 Å². The summed E-state index contributed by atoms with van der Waals surface area (Å²) in [6.07, 6.45) is 3.17. The Morgan fingerprint density at radius 2 is 2.00 bits per heavy atom. The SMILES string of the molecule is CCCC[C@H](N)c1ccc(C(=O)O)cc1. The number of nitrogens with two attached hydrogens (primary N) is 1. The second-order valence-electron chi connectivity index (χ2n) is 3.68. The monoisotopic (exact) mass is 207 g/mol. The summed E-state index contributed by atoms with van der Waals surface area (Å²) in [5, 5.41) is 8.72. The van der Waals surface area contributed by atoms with Crippen LogP contribution >= 0.6 is 0 Å². The summed E-state index contributed by atoms with van der Waals surface area (Å²) >= 11 is 0. The third-order valence-corrected chi connectivity index (χ3v) is 2.45. The smallest absolute Gasteiger partial charge is 0.335 e. The van der Waals surface area contributed by atoms with Gasteiger partial charge in [0.05, 0.1) is 5.56 Å². The van der Waals surface area contributed by atoms with Crippen molar-refractivity contribution >= 4 is 5.97 Å². The van der Waals surface area contributed by atoms with Gasteiger partial charge in [-0.3, -0.25) is 0 Å². The second kappa shape index (κ2) is 5.51. The number of carboxylic acid groups (broad SMARTS) is 1. The highest BCUT2D eigenvalue weighted by Crippen LogP contribution is 2.17. The van der Waals surface area contributed by atoms with Crippen LogP contribution in [0.2, 0.25) is 0 Å². The zero-order valence-electron chi connectivity index (χ0n) is 8.94. The topological polar surface area (TPSA) is 63.3 Å². The Balaban J connectivity index is 2.66. The standard InChI is InChI=1S/C12H17NO2/c1-2-3-4-11(13)9-5-7-10(8-6-9)12(14)15/h5-8,11H,2-4,13H2,1H3,(H,14,15)/t11-/m0/s1. The minimum Gasteiger partial charge on any atom is -0.478 e. The van der Waals surface area contributed by atoms with Gasteiger partial charge in [0.15, 0.2) is 0 Å². The van der Waals surface area contributed by atoms with E-state index in [-0.39, 0.29) is 6.04 Å². The molecule has 0 heterocycles. The Morgan fingerprint density at radius 1 is 1.40 bits per heavy atom. The molecule has 3 nitrogen and oxygen atoms in total. The first-order valence-corrected chi connectivity index (χ1v) is 5.24. The van der Waals surface area contributed by atoms with E-state index in [9.17, 15) is 4.79 Å². The zero-order chi connectivity index (χ0) is 11.3. The number of carbonyl (C=O) groups is 1. The summed E-state index contributed by atoms with van der Waals surface area (Å²) in [6, 6.07) is 6.81. The van der Waals surface area contributed by atoms with Gasteiger partial charge in [-0.05, 0) is 24.1 Å². The summed E-state index contributed by atoms with van der Waals surface area (Å²) < 4.78 is 0. The largest absolute Gasteiger partial charge is 0.478 e. The van der Waals surface area contributed by atoms with Gasteiger partial charge in [0.2, 0.25) is 0 Å². The lowest BCUT2D eigenvalue weighted by molar-refractivity contribution is 0.0697. The molecule has 0 aromatic heterocycles. The van der Waals surface area contributed by atoms with Gasteiger partial charge in [0.1, 0.15) is 0 Å². The molecule has 0 spiro atoms. The van der Waals surface area contributed by atoms with Crippen molar-refractivity contribution in [2.24, 2.45) is 5.73 Å². The summed E-state index contributed by atoms with van der Waals surface area (Å²) in [5.41, 5.74) is 7.27. The zero-order valence-corrected chi connectivity index (χ0v) is 8.94. The molecule has 0 aliphatic rings. The van der Waals surface area contributed by atoms with Gasteiger partial charge in [0.25, 0.3) is 0 Å². The lowest BCUT2D eigenvalue weighted by Gasteiger charge is -2.11. The van der Waals surface area contributed by atoms with Crippen LogP contribution in [0.3, 0.4) is 0 Å². The van der Waals surface area contributed by atoms with Crippen molar-refractivity contribution in [1.82, 2.24) is 0 Å². The molecule has 1 aromatic rings. The molecule has 0 saturated heterocycles. The van der Waals surface area contributed by atoms with Crippen LogP contribution < -0.4 is 5.73 Å². The van der Waals surface area contributed by atoms with Crippen LogP contribution in [0.1, 0.15) is 48.1 Å². The van der Waals surface area contributed by atoms with E-state index in [4.69, 9.17) is 10.8 Å². The predicted octanol–water partition coefficient (Wildman–Crippen LogP) is 2.57. The highest BCUT2D eigenvalue weighted by Gasteiger charge is 2.07. The lowest BCUT2D eigenvalue weighted by Crippen LogP contribution is -2.10. The van der Waals surface area contributed by atoms with Crippen LogP contribution in [-0.4, -0.2) is 11.1 Å². The number of carboxylic acids is 1. The third kappa shape index (κ3) is 3.36. The molecule has 82 valence electrons. The van der Waals surface area contributed by atoms with Gasteiger partial charge in [0, 0.05) is 6.04 Å². The number of unbranched alkanes of at least 4 members (excludes halogenated alkanes) is 1. The molecule has 0 aliphatic carbocycles. The van der Waals surface area contributed by atoms with Crippen molar-refractivity contribution in [2.75, 3.05) is 0 Å². The molecular weight excluding hydrogens is 190 g/mol. The molecule has 15 heavy (non-hydrogen) atoms. The maximum Gasteiger partial charge on any atom is 0.335 e. The van der Waals surface area contributed by atoms with E-state index in [1.54, 1.807) is 24.3 Å². The Bertz CT molecular complexity index is 319. The number of hydrogen-bond donors (Lipinski definition) is 2. The second-order valence-corrected chi connectivity index (χ2v) is 3.68. The van der Waals surface area contributed by atoms with Crippen molar-refractivity contribution in [2.45, 2.75) is 32.2 Å². The molecule has 3 heteroatoms. The maximum absolute atomic E-state index is 10.6. The first-order chi connectivity index (χ1) is 7.15. The quantitative estimate of drug-likeness (QED) is 0.780. The molecule has 0 amide bonds. The molecule has 0 radical (unpaired) electrons. The minimum atomic E-state index is -0.899. The van der Waals surface area contributed by atoms with E-state index in [1.165, 1.54) is 0 Å². The van der Waals surface area contributed by atoms with Crippen LogP contribution in [0.4, 0.5) is 0 Å². The molecule has 1 atom stereocenters. The van der Waals surface area contributed by atoms with Crippen LogP contribution in [0, 0.1) is 0 Å². The predicted molar refractivity (Wildman–Crippen MR) is 59.9 cm³/mol. The van der Waals surface area contributed by atoms with Crippen molar-refractivity contribution in [1.29, 1.82) is 0 Å². The number of hydrogen-bond acceptors (Lipinski definition) is 2. The molecule has 0 unspecified atom stereocenters. The van der Waals surface area contributed by atoms with E-state index < -0.39 is 5.97 Å². The van der Waals surface area contributed by atoms with E-state index in [2.05, 4.69) is 6.92 Å². The van der Waals surface area contributed by atoms with Gasteiger partial charge in [-0.25, -0.2) is 4.79 Å². The van der Waals surface area contributed by atoms with Crippen molar-refractivity contribution < 1.29 is 9.90 Å². The van der Waals surface area contributed by atoms with Crippen molar-refractivity contribution in [3.05, 3.63) is 35.4 Å². The Hall–Kier alpha value is -1.35. The molecule has 3 N–H and O–H groups in total. The van der Waals surface area contributed by atoms with Gasteiger partial charge in [-0.15, -0.1) is 0 Å². The summed E-state index contributed by atoms with van der Waals surface area (Å²) in [4.78, 5) is 10.6. The fourth-order valence-corrected chi connectivity index (χ4v) is 1.46. The Kier molecular flexibility index (Phi) is 4.31. The Morgan fingerprint density at radius 3 is 2.47 bits per heavy atom. The molecule has 1 aromatic carbocycles. The number of aromatic carboxylic acids is 1. The van der Waals surface area contributed by atoms with E-state index in [1.807, 2.05) is 0 Å². The van der Waals surface area contributed by atoms with Gasteiger partial charge in [-0.1, -0.05) is 31.9 Å². The van der Waals surface area contributed by atoms with Crippen LogP contribution in [0.5, 0.6) is 0 Å². The highest BCUT2D eigenvalue weighted by atomic mass is 16.4. The third-order valence-electron chi connectivity index (χ3n) is 2.45. The molecule has 0 saturated carbocycles. The molecule has 0 aliphatic heterocycles. The van der Waals surface area contributed by atoms with Crippen molar-refractivity contribution in [3.63, 3.8) is 0 Å². The fraction of sp³-hybridized carbons (Fsp3) is 0.417. The van der Waals surface area contributed by atoms with E-state index in [0.29, 0.717) is 5.56 Å². The van der Waals surface area contributed by atoms with Crippen LogP contribution in [0.15, 0.2) is 24.3 Å². The van der Waals surface area contributed by atoms with Gasteiger partial charge >= 0.3 is 5.97 Å². The van der Waals surface area contributed by atoms with Crippen LogP contribution in [0.25, 0.3) is 0 Å². The molecule has 0 fully saturated rings. The first kappa shape index (κ1) is 11.7. The summed E-state index contributed by atoms with van der Waals surface area (Å²) in [6.45, 7) is 2.13. The lowest BCUT2D eigenvalue weighted by atomic mass is 10.0. The van der Waals surface area contributed by atoms with Gasteiger partial charge in [-0.2, -0.15) is 0 Å². The Labute approximate surface area is 89.9 Å². The fourth-order valence-electron chi connectivity index (χ4n) is 1.46. The van der Waals surface area contributed by atoms with Crippen molar-refractivity contribution in [3.8, 4) is 0 Å². The molecule has 1 rings (SSSR count). The maximum atomic E-state index is 10.6. The summed E-state index contributed by atoms with van der Waals surface area (Å²) in [7, 11) is 0. The average molecular weight is 207 g/mol. The van der Waals surface area contributed by atoms with E-state index in [0.717, 1.165) is 24.8 Å². The number of benzene rings is 1. The molecule has 0 bridgehead atoms. The highest BCUT2D eigenvalue weighted by molar-refractivity contribution is 5.87. The average Bonchev–Trinajstić information content (AvgIpc) is 2.26. The van der Waals surface area contributed by atoms with E-state index >= 15 is 0 Å². The first-order valence-electron chi connectivity index (χ1n) is 5.24. The molecular formula is C12H17NO2. The summed E-state index contributed by atoms with van der Waals surface area (Å²) in [5.74, 6) is -0.899. The minimum absolute atomic E-state index is 0.0211. The normalized spacial score (nSPS) is 12.4.